The molecule has 0 aromatic rings. The highest BCUT2D eigenvalue weighted by Gasteiger charge is 2.45. The first-order valence-corrected chi connectivity index (χ1v) is 29.2. The largest absolute Gasteiger partial charge is 0.465 e. The molecule has 6 fully saturated rings. The fourth-order valence-electron chi connectivity index (χ4n) is 14.1. The van der Waals surface area contributed by atoms with Crippen molar-refractivity contribution in [3.05, 3.63) is 0 Å². The summed E-state index contributed by atoms with van der Waals surface area (Å²) in [6.45, 7) is 14.1. The van der Waals surface area contributed by atoms with Crippen LogP contribution < -0.4 is 31.9 Å². The van der Waals surface area contributed by atoms with E-state index in [0.717, 1.165) is 122 Å². The van der Waals surface area contributed by atoms with Gasteiger partial charge in [-0.2, -0.15) is 0 Å². The van der Waals surface area contributed by atoms with Crippen molar-refractivity contribution in [3.63, 3.8) is 0 Å². The van der Waals surface area contributed by atoms with Crippen LogP contribution in [0, 0.1) is 53.3 Å². The topological polar surface area (TPSA) is 210 Å². The van der Waals surface area contributed by atoms with Gasteiger partial charge in [-0.3, -0.25) is 28.8 Å². The number of amides is 6. The van der Waals surface area contributed by atoms with Crippen molar-refractivity contribution in [1.82, 2.24) is 31.9 Å². The lowest BCUT2D eigenvalue weighted by Gasteiger charge is -2.39. The first-order chi connectivity index (χ1) is 34.6. The van der Waals surface area contributed by atoms with E-state index in [-0.39, 0.29) is 125 Å². The second-order valence-electron chi connectivity index (χ2n) is 23.9. The van der Waals surface area contributed by atoms with E-state index >= 15 is 0 Å². The fourth-order valence-corrected chi connectivity index (χ4v) is 14.1. The van der Waals surface area contributed by atoms with Crippen molar-refractivity contribution >= 4 is 41.6 Å². The molecule has 15 heteroatoms. The van der Waals surface area contributed by atoms with Gasteiger partial charge in [0.15, 0.2) is 0 Å². The van der Waals surface area contributed by atoms with Crippen LogP contribution in [-0.2, 0) is 38.2 Å². The van der Waals surface area contributed by atoms with Gasteiger partial charge in [0, 0.05) is 48.1 Å². The summed E-state index contributed by atoms with van der Waals surface area (Å²) in [5, 5.41) is 19.8. The molecule has 0 bridgehead atoms. The quantitative estimate of drug-likeness (QED) is 0.0479. The Bertz CT molecular complexity index is 1820. The Labute approximate surface area is 432 Å². The molecule has 6 saturated carbocycles. The Morgan fingerprint density at radius 3 is 1.14 bits per heavy atom. The maximum atomic E-state index is 14.4. The molecule has 6 N–H and O–H groups in total. The maximum Gasteiger partial charge on any atom is 0.407 e. The van der Waals surface area contributed by atoms with E-state index in [1.54, 1.807) is 0 Å². The molecule has 0 aromatic heterocycles. The molecule has 0 saturated heterocycles. The third kappa shape index (κ3) is 15.3. The lowest BCUT2D eigenvalue weighted by atomic mass is 9.74. The van der Waals surface area contributed by atoms with E-state index < -0.39 is 11.7 Å². The molecule has 0 heterocycles. The smallest absolute Gasteiger partial charge is 0.407 e. The molecular formula is C57H96N6O9. The van der Waals surface area contributed by atoms with Gasteiger partial charge in [0.2, 0.25) is 29.5 Å². The van der Waals surface area contributed by atoms with Crippen molar-refractivity contribution in [1.29, 1.82) is 0 Å². The van der Waals surface area contributed by atoms with Crippen LogP contribution in [0.5, 0.6) is 0 Å². The average Bonchev–Trinajstić information content (AvgIpc) is 4.13. The lowest BCUT2D eigenvalue weighted by Crippen LogP contribution is -2.55. The van der Waals surface area contributed by atoms with Gasteiger partial charge in [-0.15, -0.1) is 0 Å². The van der Waals surface area contributed by atoms with Gasteiger partial charge in [-0.1, -0.05) is 91.9 Å². The normalized spacial score (nSPS) is 32.0. The van der Waals surface area contributed by atoms with Crippen molar-refractivity contribution in [2.24, 2.45) is 53.3 Å². The minimum absolute atomic E-state index is 0.0305. The molecular weight excluding hydrogens is 913 g/mol. The number of esters is 1. The fraction of sp³-hybridized carbons (Fsp3) is 0.877. The zero-order chi connectivity index (χ0) is 52.0. The average molecular weight is 1010 g/mol. The molecule has 0 aromatic carbocycles. The van der Waals surface area contributed by atoms with Crippen LogP contribution in [0.25, 0.3) is 0 Å². The molecule has 72 heavy (non-hydrogen) atoms. The Hall–Kier alpha value is -3.91. The molecule has 6 amide bonds. The minimum Gasteiger partial charge on any atom is -0.465 e. The first kappa shape index (κ1) is 57.4. The zero-order valence-electron chi connectivity index (χ0n) is 45.4. The predicted molar refractivity (Wildman–Crippen MR) is 278 cm³/mol. The maximum absolute atomic E-state index is 14.4. The van der Waals surface area contributed by atoms with Gasteiger partial charge in [0.25, 0.3) is 0 Å². The molecule has 0 aliphatic heterocycles. The second-order valence-corrected chi connectivity index (χ2v) is 23.9. The van der Waals surface area contributed by atoms with Gasteiger partial charge in [-0.25, -0.2) is 4.79 Å². The highest BCUT2D eigenvalue weighted by molar-refractivity contribution is 5.85. The first-order valence-electron chi connectivity index (χ1n) is 29.2. The molecule has 408 valence electrons. The van der Waals surface area contributed by atoms with Crippen molar-refractivity contribution in [2.45, 2.75) is 257 Å². The van der Waals surface area contributed by atoms with E-state index in [0.29, 0.717) is 51.6 Å². The van der Waals surface area contributed by atoms with E-state index in [1.165, 1.54) is 0 Å². The molecule has 6 rings (SSSR count). The van der Waals surface area contributed by atoms with Crippen LogP contribution in [0.3, 0.4) is 0 Å². The molecule has 6 aliphatic carbocycles. The number of alkyl carbamates (subject to hydrolysis) is 1. The van der Waals surface area contributed by atoms with Crippen LogP contribution in [0.4, 0.5) is 4.79 Å². The van der Waals surface area contributed by atoms with E-state index in [4.69, 9.17) is 9.47 Å². The number of unbranched alkanes of at least 4 members (excludes halogenated alkanes) is 1. The third-order valence-electron chi connectivity index (χ3n) is 17.9. The SMILES string of the molecule is CCCCOC(=O)[C@H](CC)[C@H]1CCCC[C@H]1NC(=O)C1CCC[C@H]1NC(=O)[C@H](CC)[C@H]1CCCC[C@H]1NC(=O)C1CCC[C@H]1NC(=O)[C@H](CC)[C@H]1CCCC[C@H]1NC(=O)[C@@H]1CCC[C@H]1NC(=O)OC(C)(C)C. The van der Waals surface area contributed by atoms with Gasteiger partial charge in [-0.05, 0) is 141 Å². The summed E-state index contributed by atoms with van der Waals surface area (Å²) < 4.78 is 11.2. The third-order valence-corrected chi connectivity index (χ3v) is 17.9. The summed E-state index contributed by atoms with van der Waals surface area (Å²) in [7, 11) is 0. The standard InChI is InChI=1S/C57H96N6O9/c1-8-12-34-71-55(69)37(11-4)40-24-15-18-30-46(40)60-53(67)42-26-20-32-48(42)62-50(64)35(9-2)38-22-13-16-28-44(38)58-52(66)41-25-19-31-47(41)61-51(65)36(10-3)39-23-14-17-29-45(39)59-54(68)43-27-21-33-49(43)63-56(70)72-57(5,6)7/h35-49H,8-34H2,1-7H3,(H,58,66)(H,59,68)(H,60,67)(H,61,65)(H,62,64)(H,63,70)/t35-,36-,37-,38-,39-,40-,41?,42?,43-,44-,45-,46-,47-,48-,49-/m1/s1. The van der Waals surface area contributed by atoms with E-state index in [1.807, 2.05) is 41.5 Å². The summed E-state index contributed by atoms with van der Waals surface area (Å²) in [5.41, 5.74) is -0.637. The number of hydrogen-bond acceptors (Lipinski definition) is 9. The van der Waals surface area contributed by atoms with Crippen LogP contribution in [0.1, 0.15) is 215 Å². The van der Waals surface area contributed by atoms with Gasteiger partial charge in [0.05, 0.1) is 30.3 Å². The number of nitrogens with one attached hydrogen (secondary N) is 6. The van der Waals surface area contributed by atoms with Crippen LogP contribution in [0.15, 0.2) is 0 Å². The monoisotopic (exact) mass is 1010 g/mol. The summed E-state index contributed by atoms with van der Waals surface area (Å²) in [6.07, 6.45) is 20.9. The Morgan fingerprint density at radius 1 is 0.431 bits per heavy atom. The summed E-state index contributed by atoms with van der Waals surface area (Å²) >= 11 is 0. The highest BCUT2D eigenvalue weighted by atomic mass is 16.6. The number of carbonyl (C=O) groups is 7. The number of carbonyl (C=O) groups excluding carboxylic acids is 7. The second kappa shape index (κ2) is 27.6. The Kier molecular flexibility index (Phi) is 22.0. The van der Waals surface area contributed by atoms with E-state index in [2.05, 4.69) is 38.8 Å². The highest BCUT2D eigenvalue weighted by Crippen LogP contribution is 2.39. The van der Waals surface area contributed by atoms with Gasteiger partial charge >= 0.3 is 12.1 Å². The molecule has 15 atom stereocenters. The summed E-state index contributed by atoms with van der Waals surface area (Å²) in [5.74, 6) is -2.40. The molecule has 6 aliphatic rings. The molecule has 0 spiro atoms. The number of rotatable bonds is 21. The van der Waals surface area contributed by atoms with Crippen LogP contribution in [-0.4, -0.2) is 90.1 Å². The van der Waals surface area contributed by atoms with Crippen molar-refractivity contribution < 1.29 is 43.0 Å². The molecule has 0 radical (unpaired) electrons. The Morgan fingerprint density at radius 2 is 0.778 bits per heavy atom. The lowest BCUT2D eigenvalue weighted by molar-refractivity contribution is -0.152. The zero-order valence-corrected chi connectivity index (χ0v) is 45.4. The van der Waals surface area contributed by atoms with Gasteiger partial charge < -0.3 is 41.4 Å². The Balaban J connectivity index is 1.03. The van der Waals surface area contributed by atoms with Crippen LogP contribution in [0.2, 0.25) is 0 Å². The molecule has 2 unspecified atom stereocenters. The summed E-state index contributed by atoms with van der Waals surface area (Å²) in [6, 6.07) is -1.28. The van der Waals surface area contributed by atoms with Gasteiger partial charge in [0.1, 0.15) is 5.60 Å². The molecule has 15 nitrogen and oxygen atoms in total. The predicted octanol–water partition coefficient (Wildman–Crippen LogP) is 8.70. The van der Waals surface area contributed by atoms with Crippen molar-refractivity contribution in [3.8, 4) is 0 Å². The number of ether oxygens (including phenoxy) is 2. The number of hydrogen-bond donors (Lipinski definition) is 6. The summed E-state index contributed by atoms with van der Waals surface area (Å²) in [4.78, 5) is 96.8. The minimum atomic E-state index is -0.637. The van der Waals surface area contributed by atoms with Crippen LogP contribution >= 0.6 is 0 Å². The van der Waals surface area contributed by atoms with E-state index in [9.17, 15) is 33.6 Å². The van der Waals surface area contributed by atoms with Crippen molar-refractivity contribution in [2.75, 3.05) is 6.61 Å².